The molecule has 1 fully saturated rings. The predicted molar refractivity (Wildman–Crippen MR) is 149 cm³/mol. The van der Waals surface area contributed by atoms with Crippen LogP contribution in [0.4, 0.5) is 4.39 Å². The number of nitrogens with zero attached hydrogens (tertiary/aromatic N) is 7. The smallest absolute Gasteiger partial charge is 0.245 e. The Balaban J connectivity index is 1.23. The zero-order valence-electron chi connectivity index (χ0n) is 22.9. The fourth-order valence-electron chi connectivity index (χ4n) is 5.21. The minimum Gasteiger partial charge on any atom is -0.443 e. The van der Waals surface area contributed by atoms with Gasteiger partial charge in [-0.1, -0.05) is 12.1 Å². The van der Waals surface area contributed by atoms with Gasteiger partial charge in [-0.3, -0.25) is 19.1 Å². The molecule has 0 saturated carbocycles. The van der Waals surface area contributed by atoms with E-state index in [1.165, 1.54) is 29.0 Å². The molecule has 12 heteroatoms. The molecule has 11 nitrogen and oxygen atoms in total. The number of Topliss-reactive ketones (excluding diaryl/α,β-unsaturated/α-hetero) is 2. The molecule has 212 valence electrons. The Morgan fingerprint density at radius 2 is 1.88 bits per heavy atom. The summed E-state index contributed by atoms with van der Waals surface area (Å²) < 4.78 is 21.3. The average molecular weight is 568 g/mol. The first-order valence-corrected chi connectivity index (χ1v) is 13.4. The molecule has 1 amide bonds. The Morgan fingerprint density at radius 1 is 1.07 bits per heavy atom. The van der Waals surface area contributed by atoms with Crippen LogP contribution in [0.3, 0.4) is 0 Å². The Labute approximate surface area is 239 Å². The number of rotatable bonds is 8. The molecule has 0 N–H and O–H groups in total. The molecule has 6 rings (SSSR count). The number of fused-ring (bicyclic) bond motifs is 1. The van der Waals surface area contributed by atoms with Crippen molar-refractivity contribution in [2.45, 2.75) is 45.4 Å². The fraction of sp³-hybridized carbons (Fsp3) is 0.267. The number of carbonyl (C=O) groups is 3. The molecule has 0 unspecified atom stereocenters. The van der Waals surface area contributed by atoms with Gasteiger partial charge < -0.3 is 9.32 Å². The van der Waals surface area contributed by atoms with Gasteiger partial charge in [-0.2, -0.15) is 5.10 Å². The third-order valence-electron chi connectivity index (χ3n) is 7.24. The molecule has 0 aliphatic carbocycles. The number of pyridine rings is 1. The minimum absolute atomic E-state index is 0.0829. The monoisotopic (exact) mass is 567 g/mol. The number of hydrogen-bond donors (Lipinski definition) is 0. The van der Waals surface area contributed by atoms with Gasteiger partial charge in [0.25, 0.3) is 0 Å². The summed E-state index contributed by atoms with van der Waals surface area (Å²) >= 11 is 0. The number of carbonyl (C=O) groups excluding carboxylic acids is 3. The van der Waals surface area contributed by atoms with Crippen molar-refractivity contribution < 1.29 is 23.2 Å². The highest BCUT2D eigenvalue weighted by molar-refractivity contribution is 6.06. The van der Waals surface area contributed by atoms with E-state index in [9.17, 15) is 18.8 Å². The number of amides is 1. The molecule has 0 radical (unpaired) electrons. The van der Waals surface area contributed by atoms with Crippen molar-refractivity contribution in [3.63, 3.8) is 0 Å². The number of aromatic nitrogens is 6. The lowest BCUT2D eigenvalue weighted by atomic mass is 10.0. The molecule has 5 aromatic rings. The Kier molecular flexibility index (Phi) is 7.11. The summed E-state index contributed by atoms with van der Waals surface area (Å²) in [7, 11) is 0. The average Bonchev–Trinajstić information content (AvgIpc) is 3.73. The Morgan fingerprint density at radius 3 is 2.62 bits per heavy atom. The molecule has 5 heterocycles. The highest BCUT2D eigenvalue weighted by Crippen LogP contribution is 2.28. The number of hydrogen-bond acceptors (Lipinski definition) is 9. The van der Waals surface area contributed by atoms with Crippen molar-refractivity contribution in [1.29, 1.82) is 0 Å². The first-order chi connectivity index (χ1) is 20.3. The summed E-state index contributed by atoms with van der Waals surface area (Å²) in [4.78, 5) is 57.5. The zero-order valence-corrected chi connectivity index (χ0v) is 22.9. The number of aryl methyl sites for hydroxylation is 1. The molecule has 1 aliphatic rings. The van der Waals surface area contributed by atoms with E-state index in [1.54, 1.807) is 43.6 Å². The second-order valence-electron chi connectivity index (χ2n) is 10.2. The second-order valence-corrected chi connectivity index (χ2v) is 10.2. The quantitative estimate of drug-likeness (QED) is 0.256. The predicted octanol–water partition coefficient (Wildman–Crippen LogP) is 3.81. The minimum atomic E-state index is -1.34. The van der Waals surface area contributed by atoms with Crippen molar-refractivity contribution in [3.05, 3.63) is 78.5 Å². The van der Waals surface area contributed by atoms with Gasteiger partial charge in [0, 0.05) is 42.4 Å². The summed E-state index contributed by atoms with van der Waals surface area (Å²) in [6.07, 6.45) is 4.81. The van der Waals surface area contributed by atoms with E-state index < -0.39 is 18.1 Å². The van der Waals surface area contributed by atoms with Crippen molar-refractivity contribution in [3.8, 4) is 22.7 Å². The fourth-order valence-corrected chi connectivity index (χ4v) is 5.21. The van der Waals surface area contributed by atoms with Crippen LogP contribution in [-0.4, -0.2) is 70.8 Å². The number of benzene rings is 1. The zero-order chi connectivity index (χ0) is 29.4. The van der Waals surface area contributed by atoms with Crippen LogP contribution in [0, 0.1) is 6.92 Å². The van der Waals surface area contributed by atoms with Crippen LogP contribution in [-0.2, 0) is 22.6 Å². The normalized spacial score (nSPS) is 16.7. The number of likely N-dealkylation sites (tertiary alicyclic amines) is 1. The molecular formula is C30H26FN7O4. The number of alkyl halides is 1. The summed E-state index contributed by atoms with van der Waals surface area (Å²) in [6, 6.07) is 9.61. The second kappa shape index (κ2) is 11.0. The lowest BCUT2D eigenvalue weighted by Gasteiger charge is -2.23. The van der Waals surface area contributed by atoms with Crippen molar-refractivity contribution in [2.75, 3.05) is 6.54 Å². The van der Waals surface area contributed by atoms with E-state index in [2.05, 4.69) is 25.0 Å². The van der Waals surface area contributed by atoms with E-state index in [0.29, 0.717) is 34.0 Å². The first kappa shape index (κ1) is 27.1. The summed E-state index contributed by atoms with van der Waals surface area (Å²) in [5.41, 5.74) is 3.27. The van der Waals surface area contributed by atoms with Gasteiger partial charge in [0.15, 0.2) is 11.6 Å². The van der Waals surface area contributed by atoms with Gasteiger partial charge in [0.1, 0.15) is 36.2 Å². The third kappa shape index (κ3) is 5.30. The molecule has 1 saturated heterocycles. The highest BCUT2D eigenvalue weighted by Gasteiger charge is 2.39. The Hall–Kier alpha value is -5.13. The van der Waals surface area contributed by atoms with Gasteiger partial charge >= 0.3 is 0 Å². The van der Waals surface area contributed by atoms with Crippen LogP contribution in [0.2, 0.25) is 0 Å². The van der Waals surface area contributed by atoms with Crippen LogP contribution in [0.15, 0.2) is 65.7 Å². The third-order valence-corrected chi connectivity index (χ3v) is 7.24. The van der Waals surface area contributed by atoms with Gasteiger partial charge in [0.2, 0.25) is 11.8 Å². The topological polar surface area (TPSA) is 137 Å². The molecule has 0 spiro atoms. The first-order valence-electron chi connectivity index (χ1n) is 13.4. The van der Waals surface area contributed by atoms with Crippen LogP contribution in [0.25, 0.3) is 33.6 Å². The molecular weight excluding hydrogens is 541 g/mol. The number of oxazole rings is 1. The maximum Gasteiger partial charge on any atom is 0.245 e. The van der Waals surface area contributed by atoms with E-state index in [1.807, 2.05) is 12.1 Å². The number of halogens is 1. The summed E-state index contributed by atoms with van der Waals surface area (Å²) in [5.74, 6) is -0.0888. The summed E-state index contributed by atoms with van der Waals surface area (Å²) in [6.45, 7) is 2.74. The van der Waals surface area contributed by atoms with Crippen LogP contribution in [0.5, 0.6) is 0 Å². The molecule has 1 aliphatic heterocycles. The largest absolute Gasteiger partial charge is 0.443 e. The van der Waals surface area contributed by atoms with E-state index in [-0.39, 0.29) is 43.2 Å². The molecule has 1 aromatic carbocycles. The molecule has 4 aromatic heterocycles. The van der Waals surface area contributed by atoms with Crippen molar-refractivity contribution >= 4 is 28.4 Å². The SMILES string of the molecule is CC(=O)c1nn(CC(=O)N2C[C@H](F)C[C@H]2C(=O)Cc2cccc(-c3ncco3)n2)c2ccc(-c3cnc(C)nc3)cc12. The molecule has 42 heavy (non-hydrogen) atoms. The van der Waals surface area contributed by atoms with Gasteiger partial charge in [0.05, 0.1) is 30.7 Å². The van der Waals surface area contributed by atoms with Crippen LogP contribution >= 0.6 is 0 Å². The van der Waals surface area contributed by atoms with Crippen LogP contribution < -0.4 is 0 Å². The van der Waals surface area contributed by atoms with Crippen molar-refractivity contribution in [2.24, 2.45) is 0 Å². The Bertz CT molecular complexity index is 1800. The van der Waals surface area contributed by atoms with E-state index in [4.69, 9.17) is 4.42 Å². The maximum atomic E-state index is 14.6. The molecule has 0 bridgehead atoms. The standard InChI is InChI=1S/C30H26FN7O4/c1-17(39)29-23-10-19(20-13-33-18(2)34-14-20)6-7-25(23)38(36-29)16-28(41)37-15-21(31)11-26(37)27(40)12-22-4-3-5-24(35-22)30-32-8-9-42-30/h3-10,13-14,21,26H,11-12,15-16H2,1-2H3/t21-,26+/m1/s1. The lowest BCUT2D eigenvalue weighted by Crippen LogP contribution is -2.43. The lowest BCUT2D eigenvalue weighted by molar-refractivity contribution is -0.138. The molecule has 2 atom stereocenters. The van der Waals surface area contributed by atoms with E-state index in [0.717, 1.165) is 11.1 Å². The van der Waals surface area contributed by atoms with Crippen LogP contribution in [0.1, 0.15) is 35.4 Å². The van der Waals surface area contributed by atoms with Crippen molar-refractivity contribution in [1.82, 2.24) is 34.6 Å². The number of ketones is 2. The van der Waals surface area contributed by atoms with Gasteiger partial charge in [-0.15, -0.1) is 0 Å². The maximum absolute atomic E-state index is 14.6. The summed E-state index contributed by atoms with van der Waals surface area (Å²) in [5, 5.41) is 5.00. The highest BCUT2D eigenvalue weighted by atomic mass is 19.1. The van der Waals surface area contributed by atoms with Gasteiger partial charge in [-0.25, -0.2) is 24.3 Å². The van der Waals surface area contributed by atoms with E-state index >= 15 is 0 Å². The van der Waals surface area contributed by atoms with Gasteiger partial charge in [-0.05, 0) is 36.8 Å².